The molecule has 2 N–H and O–H groups in total. The van der Waals surface area contributed by atoms with Gasteiger partial charge in [-0.3, -0.25) is 4.79 Å². The van der Waals surface area contributed by atoms with Crippen LogP contribution in [0.2, 0.25) is 0 Å². The lowest BCUT2D eigenvalue weighted by Gasteiger charge is -2.30. The Bertz CT molecular complexity index is 257. The quantitative estimate of drug-likeness (QED) is 0.777. The first-order valence-corrected chi connectivity index (χ1v) is 6.14. The van der Waals surface area contributed by atoms with Crippen molar-refractivity contribution in [1.29, 1.82) is 0 Å². The minimum atomic E-state index is -0.195. The molecule has 1 aliphatic rings. The molecule has 1 rings (SSSR count). The van der Waals surface area contributed by atoms with Crippen molar-refractivity contribution in [2.45, 2.75) is 19.9 Å². The molecular formula is C12H27Cl2N3O2. The summed E-state index contributed by atoms with van der Waals surface area (Å²) in [5.74, 6) is 0.0385. The Balaban J connectivity index is 0. The Kier molecular flexibility index (Phi) is 10.9. The number of carbonyl (C=O) groups is 1. The fourth-order valence-corrected chi connectivity index (χ4v) is 2.10. The van der Waals surface area contributed by atoms with Gasteiger partial charge in [0.25, 0.3) is 0 Å². The number of morpholine rings is 1. The molecule has 1 saturated heterocycles. The zero-order valence-electron chi connectivity index (χ0n) is 12.2. The maximum Gasteiger partial charge on any atom is 0.239 e. The Hall–Kier alpha value is -0.0700. The Morgan fingerprint density at radius 2 is 2.05 bits per heavy atom. The van der Waals surface area contributed by atoms with Crippen molar-refractivity contribution >= 4 is 30.7 Å². The molecule has 1 heterocycles. The van der Waals surface area contributed by atoms with Gasteiger partial charge in [0.2, 0.25) is 5.91 Å². The van der Waals surface area contributed by atoms with Gasteiger partial charge in [-0.05, 0) is 19.5 Å². The SMILES string of the molecule is CN(C)CC(C)(C)CNC(=O)C1COCCN1.Cl.Cl. The van der Waals surface area contributed by atoms with E-state index in [1.165, 1.54) is 0 Å². The molecule has 1 amide bonds. The maximum absolute atomic E-state index is 11.9. The largest absolute Gasteiger partial charge is 0.378 e. The summed E-state index contributed by atoms with van der Waals surface area (Å²) in [6.45, 7) is 7.84. The zero-order chi connectivity index (χ0) is 12.9. The molecule has 5 nitrogen and oxygen atoms in total. The fraction of sp³-hybridized carbons (Fsp3) is 0.917. The number of amides is 1. The van der Waals surface area contributed by atoms with Gasteiger partial charge < -0.3 is 20.3 Å². The van der Waals surface area contributed by atoms with E-state index in [4.69, 9.17) is 4.74 Å². The van der Waals surface area contributed by atoms with Gasteiger partial charge in [-0.2, -0.15) is 0 Å². The van der Waals surface area contributed by atoms with Crippen molar-refractivity contribution < 1.29 is 9.53 Å². The van der Waals surface area contributed by atoms with Gasteiger partial charge in [0.05, 0.1) is 13.2 Å². The first-order chi connectivity index (χ1) is 7.91. The standard InChI is InChI=1S/C12H25N3O2.2ClH/c1-12(2,9-15(3)4)8-14-11(16)10-7-17-6-5-13-10;;/h10,13H,5-9H2,1-4H3,(H,14,16);2*1H. The lowest BCUT2D eigenvalue weighted by Crippen LogP contribution is -2.53. The number of carbonyl (C=O) groups excluding carboxylic acids is 1. The second-order valence-electron chi connectivity index (χ2n) is 5.70. The van der Waals surface area contributed by atoms with E-state index < -0.39 is 0 Å². The lowest BCUT2D eigenvalue weighted by atomic mass is 9.93. The van der Waals surface area contributed by atoms with Gasteiger partial charge in [-0.15, -0.1) is 24.8 Å². The summed E-state index contributed by atoms with van der Waals surface area (Å²) in [6.07, 6.45) is 0. The number of rotatable bonds is 5. The second-order valence-corrected chi connectivity index (χ2v) is 5.70. The molecule has 1 unspecified atom stereocenters. The minimum absolute atomic E-state index is 0. The highest BCUT2D eigenvalue weighted by molar-refractivity contribution is 5.85. The van der Waals surface area contributed by atoms with Gasteiger partial charge in [-0.25, -0.2) is 0 Å². The van der Waals surface area contributed by atoms with Crippen molar-refractivity contribution in [3.8, 4) is 0 Å². The van der Waals surface area contributed by atoms with E-state index in [1.54, 1.807) is 0 Å². The molecule has 0 aliphatic carbocycles. The summed E-state index contributed by atoms with van der Waals surface area (Å²) in [7, 11) is 4.08. The minimum Gasteiger partial charge on any atom is -0.378 e. The summed E-state index contributed by atoms with van der Waals surface area (Å²) in [4.78, 5) is 14.0. The van der Waals surface area contributed by atoms with Crippen LogP contribution in [0.1, 0.15) is 13.8 Å². The number of hydrogen-bond acceptors (Lipinski definition) is 4. The summed E-state index contributed by atoms with van der Waals surface area (Å²) < 4.78 is 5.27. The van der Waals surface area contributed by atoms with Crippen LogP contribution >= 0.6 is 24.8 Å². The molecule has 0 aromatic carbocycles. The fourth-order valence-electron chi connectivity index (χ4n) is 2.10. The predicted molar refractivity (Wildman–Crippen MR) is 82.5 cm³/mol. The van der Waals surface area contributed by atoms with Crippen LogP contribution in [0.4, 0.5) is 0 Å². The Labute approximate surface area is 128 Å². The van der Waals surface area contributed by atoms with Gasteiger partial charge in [0.15, 0.2) is 0 Å². The van der Waals surface area contributed by atoms with Crippen LogP contribution in [0, 0.1) is 5.41 Å². The van der Waals surface area contributed by atoms with Crippen LogP contribution in [-0.4, -0.2) is 63.8 Å². The monoisotopic (exact) mass is 315 g/mol. The molecule has 0 aromatic rings. The van der Waals surface area contributed by atoms with Crippen LogP contribution in [0.15, 0.2) is 0 Å². The van der Waals surface area contributed by atoms with Gasteiger partial charge in [-0.1, -0.05) is 13.8 Å². The summed E-state index contributed by atoms with van der Waals surface area (Å²) in [6, 6.07) is -0.195. The average Bonchev–Trinajstić information content (AvgIpc) is 2.25. The maximum atomic E-state index is 11.9. The third-order valence-electron chi connectivity index (χ3n) is 2.72. The smallest absolute Gasteiger partial charge is 0.239 e. The number of nitrogens with one attached hydrogen (secondary N) is 2. The van der Waals surface area contributed by atoms with Crippen LogP contribution in [0.3, 0.4) is 0 Å². The summed E-state index contributed by atoms with van der Waals surface area (Å²) in [5.41, 5.74) is 0.0781. The number of hydrogen-bond donors (Lipinski definition) is 2. The highest BCUT2D eigenvalue weighted by atomic mass is 35.5. The second kappa shape index (κ2) is 9.77. The molecule has 0 aromatic heterocycles. The number of ether oxygens (including phenoxy) is 1. The Morgan fingerprint density at radius 3 is 2.53 bits per heavy atom. The van der Waals surface area contributed by atoms with Crippen LogP contribution in [0.5, 0.6) is 0 Å². The highest BCUT2D eigenvalue weighted by Crippen LogP contribution is 2.14. The molecule has 0 radical (unpaired) electrons. The van der Waals surface area contributed by atoms with E-state index in [9.17, 15) is 4.79 Å². The van der Waals surface area contributed by atoms with Crippen LogP contribution in [0.25, 0.3) is 0 Å². The van der Waals surface area contributed by atoms with Crippen molar-refractivity contribution in [1.82, 2.24) is 15.5 Å². The van der Waals surface area contributed by atoms with Crippen molar-refractivity contribution in [3.05, 3.63) is 0 Å². The zero-order valence-corrected chi connectivity index (χ0v) is 13.8. The Morgan fingerprint density at radius 1 is 1.42 bits per heavy atom. The number of nitrogens with zero attached hydrogens (tertiary/aromatic N) is 1. The molecule has 1 atom stereocenters. The molecular weight excluding hydrogens is 289 g/mol. The average molecular weight is 316 g/mol. The third kappa shape index (κ3) is 8.65. The van der Waals surface area contributed by atoms with E-state index in [1.807, 2.05) is 14.1 Å². The molecule has 116 valence electrons. The first kappa shape index (κ1) is 21.2. The van der Waals surface area contributed by atoms with Crippen LogP contribution in [-0.2, 0) is 9.53 Å². The third-order valence-corrected chi connectivity index (χ3v) is 2.72. The lowest BCUT2D eigenvalue weighted by molar-refractivity contribution is -0.126. The van der Waals surface area contributed by atoms with Gasteiger partial charge >= 0.3 is 0 Å². The van der Waals surface area contributed by atoms with Crippen molar-refractivity contribution in [3.63, 3.8) is 0 Å². The van der Waals surface area contributed by atoms with E-state index in [0.717, 1.165) is 13.1 Å². The van der Waals surface area contributed by atoms with Gasteiger partial charge in [0, 0.05) is 19.6 Å². The van der Waals surface area contributed by atoms with Crippen LogP contribution < -0.4 is 10.6 Å². The molecule has 0 bridgehead atoms. The molecule has 7 heteroatoms. The summed E-state index contributed by atoms with van der Waals surface area (Å²) in [5, 5.41) is 6.14. The van der Waals surface area contributed by atoms with E-state index in [2.05, 4.69) is 29.4 Å². The molecule has 0 spiro atoms. The normalized spacial score (nSPS) is 19.3. The molecule has 1 aliphatic heterocycles. The number of halogens is 2. The van der Waals surface area contributed by atoms with Gasteiger partial charge in [0.1, 0.15) is 6.04 Å². The van der Waals surface area contributed by atoms with E-state index in [-0.39, 0.29) is 42.2 Å². The predicted octanol–water partition coefficient (Wildman–Crippen LogP) is 0.522. The summed E-state index contributed by atoms with van der Waals surface area (Å²) >= 11 is 0. The van der Waals surface area contributed by atoms with Crippen molar-refractivity contribution in [2.24, 2.45) is 5.41 Å². The van der Waals surface area contributed by atoms with E-state index in [0.29, 0.717) is 19.8 Å². The first-order valence-electron chi connectivity index (χ1n) is 6.14. The topological polar surface area (TPSA) is 53.6 Å². The molecule has 1 fully saturated rings. The molecule has 0 saturated carbocycles. The molecule has 19 heavy (non-hydrogen) atoms. The van der Waals surface area contributed by atoms with E-state index >= 15 is 0 Å². The highest BCUT2D eigenvalue weighted by Gasteiger charge is 2.24. The van der Waals surface area contributed by atoms with Crippen molar-refractivity contribution in [2.75, 3.05) is 46.9 Å².